The quantitative estimate of drug-likeness (QED) is 0.473. The first-order valence-electron chi connectivity index (χ1n) is 10.9. The van der Waals surface area contributed by atoms with Crippen molar-refractivity contribution in [1.82, 2.24) is 4.90 Å². The highest BCUT2D eigenvalue weighted by molar-refractivity contribution is 7.17. The Labute approximate surface area is 209 Å². The van der Waals surface area contributed by atoms with Crippen molar-refractivity contribution < 1.29 is 9.53 Å². The predicted molar refractivity (Wildman–Crippen MR) is 140 cm³/mol. The number of hydrogen-bond acceptors (Lipinski definition) is 5. The highest BCUT2D eigenvalue weighted by Crippen LogP contribution is 2.38. The van der Waals surface area contributed by atoms with Gasteiger partial charge in [0.1, 0.15) is 5.75 Å². The van der Waals surface area contributed by atoms with E-state index in [1.54, 1.807) is 18.4 Å². The van der Waals surface area contributed by atoms with E-state index in [2.05, 4.69) is 29.0 Å². The smallest absolute Gasteiger partial charge is 0.268 e. The minimum absolute atomic E-state index is 0. The van der Waals surface area contributed by atoms with Crippen LogP contribution in [0.15, 0.2) is 48.5 Å². The molecule has 0 radical (unpaired) electrons. The van der Waals surface area contributed by atoms with Crippen molar-refractivity contribution in [3.63, 3.8) is 0 Å². The second-order valence-electron chi connectivity index (χ2n) is 8.33. The number of methoxy groups -OCH3 is 1. The molecule has 1 amide bonds. The van der Waals surface area contributed by atoms with E-state index in [-0.39, 0.29) is 18.3 Å². The van der Waals surface area contributed by atoms with E-state index >= 15 is 0 Å². The number of hydrogen-bond donors (Lipinski definition) is 0. The van der Waals surface area contributed by atoms with Gasteiger partial charge in [-0.05, 0) is 54.9 Å². The van der Waals surface area contributed by atoms with Crippen LogP contribution in [0.25, 0.3) is 10.4 Å². The van der Waals surface area contributed by atoms with Crippen LogP contribution in [0, 0.1) is 0 Å². The fraction of sp³-hybridized carbons (Fsp3) is 0.320. The van der Waals surface area contributed by atoms with Crippen LogP contribution in [-0.2, 0) is 6.42 Å². The fourth-order valence-corrected chi connectivity index (χ4v) is 5.69. The third-order valence-electron chi connectivity index (χ3n) is 6.30. The molecule has 8 heteroatoms. The average Bonchev–Trinajstić information content (AvgIpc) is 3.25. The molecule has 0 N–H and O–H groups in total. The average molecular weight is 504 g/mol. The lowest BCUT2D eigenvalue weighted by atomic mass is 10.0. The molecule has 1 aromatic heterocycles. The van der Waals surface area contributed by atoms with E-state index in [0.717, 1.165) is 70.6 Å². The van der Waals surface area contributed by atoms with Gasteiger partial charge in [-0.15, -0.1) is 23.7 Å². The van der Waals surface area contributed by atoms with E-state index < -0.39 is 0 Å². The summed E-state index contributed by atoms with van der Waals surface area (Å²) in [6.45, 7) is 4.68. The van der Waals surface area contributed by atoms with Crippen molar-refractivity contribution in [3.8, 4) is 16.2 Å². The number of carbonyl (C=O) groups excluding carboxylic acids is 1. The van der Waals surface area contributed by atoms with Crippen LogP contribution in [0.2, 0.25) is 5.02 Å². The molecule has 2 aliphatic heterocycles. The van der Waals surface area contributed by atoms with Gasteiger partial charge in [-0.25, -0.2) is 0 Å². The molecule has 3 aromatic rings. The summed E-state index contributed by atoms with van der Waals surface area (Å²) in [6, 6.07) is 16.1. The standard InChI is InChI=1S/C25H26ClN3O2S.ClH/c1-27-11-13-28(14-12-27)21-8-7-20(16-22(21)31-2)29-10-9-18-15-23(32-24(18)25(29)30)17-3-5-19(26)6-4-17;/h3-8,15-16H,9-14H2,1-2H3;1H. The summed E-state index contributed by atoms with van der Waals surface area (Å²) in [7, 11) is 3.85. The van der Waals surface area contributed by atoms with Crippen LogP contribution >= 0.6 is 35.3 Å². The predicted octanol–water partition coefficient (Wildman–Crippen LogP) is 5.45. The van der Waals surface area contributed by atoms with Crippen molar-refractivity contribution >= 4 is 52.6 Å². The van der Waals surface area contributed by atoms with Crippen LogP contribution in [0.1, 0.15) is 15.2 Å². The van der Waals surface area contributed by atoms with Gasteiger partial charge in [-0.2, -0.15) is 0 Å². The second-order valence-corrected chi connectivity index (χ2v) is 9.81. The van der Waals surface area contributed by atoms with Gasteiger partial charge in [0.15, 0.2) is 0 Å². The molecule has 5 rings (SSSR count). The number of thiophene rings is 1. The molecule has 0 bridgehead atoms. The first-order valence-corrected chi connectivity index (χ1v) is 12.0. The lowest BCUT2D eigenvalue weighted by Gasteiger charge is -2.35. The molecule has 2 aromatic carbocycles. The number of amides is 1. The number of benzene rings is 2. The van der Waals surface area contributed by atoms with E-state index in [4.69, 9.17) is 16.3 Å². The summed E-state index contributed by atoms with van der Waals surface area (Å²) >= 11 is 7.59. The van der Waals surface area contributed by atoms with Crippen LogP contribution < -0.4 is 14.5 Å². The molecule has 3 heterocycles. The number of piperazine rings is 1. The van der Waals surface area contributed by atoms with Gasteiger partial charge in [-0.1, -0.05) is 23.7 Å². The molecule has 33 heavy (non-hydrogen) atoms. The first-order chi connectivity index (χ1) is 15.5. The third-order valence-corrected chi connectivity index (χ3v) is 7.77. The Bertz CT molecular complexity index is 1140. The van der Waals surface area contributed by atoms with E-state index in [0.29, 0.717) is 11.6 Å². The maximum Gasteiger partial charge on any atom is 0.268 e. The second kappa shape index (κ2) is 9.94. The van der Waals surface area contributed by atoms with E-state index in [1.807, 2.05) is 41.3 Å². The molecule has 0 spiro atoms. The molecule has 1 saturated heterocycles. The van der Waals surface area contributed by atoms with Gasteiger partial charge in [0.25, 0.3) is 5.91 Å². The molecule has 5 nitrogen and oxygen atoms in total. The van der Waals surface area contributed by atoms with Gasteiger partial charge in [0.2, 0.25) is 0 Å². The van der Waals surface area contributed by atoms with Crippen molar-refractivity contribution in [3.05, 3.63) is 64.0 Å². The van der Waals surface area contributed by atoms with Crippen LogP contribution in [-0.4, -0.2) is 57.7 Å². The summed E-state index contributed by atoms with van der Waals surface area (Å²) in [6.07, 6.45) is 0.841. The number of anilines is 2. The molecule has 0 saturated carbocycles. The van der Waals surface area contributed by atoms with Crippen LogP contribution in [0.3, 0.4) is 0 Å². The van der Waals surface area contributed by atoms with E-state index in [9.17, 15) is 4.79 Å². The molecule has 2 aliphatic rings. The summed E-state index contributed by atoms with van der Waals surface area (Å²) in [5, 5.41) is 0.714. The molecule has 1 fully saturated rings. The lowest BCUT2D eigenvalue weighted by molar-refractivity contribution is 0.0985. The van der Waals surface area contributed by atoms with Crippen LogP contribution in [0.5, 0.6) is 5.75 Å². The number of carbonyl (C=O) groups is 1. The molecule has 174 valence electrons. The number of rotatable bonds is 4. The topological polar surface area (TPSA) is 36.0 Å². The molecule has 0 unspecified atom stereocenters. The van der Waals surface area contributed by atoms with Gasteiger partial charge < -0.3 is 19.4 Å². The third kappa shape index (κ3) is 4.71. The summed E-state index contributed by atoms with van der Waals surface area (Å²) in [5.41, 5.74) is 4.20. The van der Waals surface area contributed by atoms with Gasteiger partial charge in [0, 0.05) is 54.4 Å². The minimum atomic E-state index is 0. The Kier molecular flexibility index (Phi) is 7.19. The van der Waals surface area contributed by atoms with Gasteiger partial charge >= 0.3 is 0 Å². The summed E-state index contributed by atoms with van der Waals surface area (Å²) in [4.78, 5) is 21.9. The number of fused-ring (bicyclic) bond motifs is 1. The Hall–Kier alpha value is -2.25. The first kappa shape index (κ1) is 23.9. The number of ether oxygens (including phenoxy) is 1. The molecule has 0 aliphatic carbocycles. The zero-order valence-electron chi connectivity index (χ0n) is 18.7. The minimum Gasteiger partial charge on any atom is -0.495 e. The Balaban J connectivity index is 0.00000259. The van der Waals surface area contributed by atoms with Crippen LogP contribution in [0.4, 0.5) is 11.4 Å². The maximum absolute atomic E-state index is 13.4. The monoisotopic (exact) mass is 503 g/mol. The zero-order valence-corrected chi connectivity index (χ0v) is 21.1. The van der Waals surface area contributed by atoms with Gasteiger partial charge in [-0.3, -0.25) is 4.79 Å². The van der Waals surface area contributed by atoms with Crippen molar-refractivity contribution in [2.75, 3.05) is 56.7 Å². The largest absolute Gasteiger partial charge is 0.495 e. The van der Waals surface area contributed by atoms with Crippen molar-refractivity contribution in [1.29, 1.82) is 0 Å². The molecule has 0 atom stereocenters. The highest BCUT2D eigenvalue weighted by Gasteiger charge is 2.29. The Morgan fingerprint density at radius 3 is 2.39 bits per heavy atom. The Morgan fingerprint density at radius 2 is 1.70 bits per heavy atom. The number of halogens is 2. The van der Waals surface area contributed by atoms with Crippen molar-refractivity contribution in [2.45, 2.75) is 6.42 Å². The fourth-order valence-electron chi connectivity index (χ4n) is 4.40. The maximum atomic E-state index is 13.4. The molecular formula is C25H27Cl2N3O2S. The Morgan fingerprint density at radius 1 is 0.970 bits per heavy atom. The van der Waals surface area contributed by atoms with E-state index in [1.165, 1.54) is 0 Å². The number of likely N-dealkylation sites (N-methyl/N-ethyl adjacent to an activating group) is 1. The van der Waals surface area contributed by atoms with Crippen molar-refractivity contribution in [2.24, 2.45) is 0 Å². The zero-order chi connectivity index (χ0) is 22.2. The summed E-state index contributed by atoms with van der Waals surface area (Å²) in [5.74, 6) is 0.879. The number of nitrogens with zero attached hydrogens (tertiary/aromatic N) is 3. The normalized spacial score (nSPS) is 16.4. The van der Waals surface area contributed by atoms with Gasteiger partial charge in [0.05, 0.1) is 17.7 Å². The summed E-state index contributed by atoms with van der Waals surface area (Å²) < 4.78 is 5.73. The molecular weight excluding hydrogens is 477 g/mol. The highest BCUT2D eigenvalue weighted by atomic mass is 35.5. The SMILES string of the molecule is COc1cc(N2CCc3cc(-c4ccc(Cl)cc4)sc3C2=O)ccc1N1CCN(C)CC1.Cl. The lowest BCUT2D eigenvalue weighted by Crippen LogP contribution is -2.44.